The van der Waals surface area contributed by atoms with Gasteiger partial charge in [0.2, 0.25) is 21.8 Å². The number of rotatable bonds is 14. The van der Waals surface area contributed by atoms with Gasteiger partial charge in [0.1, 0.15) is 11.8 Å². The van der Waals surface area contributed by atoms with Crippen LogP contribution >= 0.6 is 0 Å². The van der Waals surface area contributed by atoms with Gasteiger partial charge in [-0.2, -0.15) is 0 Å². The topological polar surface area (TPSA) is 96.0 Å². The number of carbonyl (C=O) groups excluding carboxylic acids is 2. The summed E-state index contributed by atoms with van der Waals surface area (Å²) in [6.07, 6.45) is 7.42. The minimum Gasteiger partial charge on any atom is -0.492 e. The molecule has 0 bridgehead atoms. The van der Waals surface area contributed by atoms with Crippen LogP contribution in [0.1, 0.15) is 76.3 Å². The molecule has 1 fully saturated rings. The number of anilines is 1. The lowest BCUT2D eigenvalue weighted by atomic mass is 9.95. The zero-order valence-electron chi connectivity index (χ0n) is 24.4. The highest BCUT2D eigenvalue weighted by Crippen LogP contribution is 2.30. The molecule has 2 aromatic rings. The number of nitrogens with zero attached hydrogens (tertiary/aromatic N) is 2. The van der Waals surface area contributed by atoms with Crippen LogP contribution in [0.4, 0.5) is 5.69 Å². The van der Waals surface area contributed by atoms with Gasteiger partial charge in [0.15, 0.2) is 0 Å². The molecule has 0 radical (unpaired) electrons. The van der Waals surface area contributed by atoms with Gasteiger partial charge in [-0.1, -0.05) is 68.1 Å². The summed E-state index contributed by atoms with van der Waals surface area (Å²) in [7, 11) is -3.62. The van der Waals surface area contributed by atoms with E-state index in [0.717, 1.165) is 43.1 Å². The fourth-order valence-corrected chi connectivity index (χ4v) is 6.36. The molecule has 0 heterocycles. The van der Waals surface area contributed by atoms with E-state index in [0.29, 0.717) is 37.4 Å². The Hall–Kier alpha value is -3.07. The Balaban J connectivity index is 1.78. The molecule has 1 saturated carbocycles. The fraction of sp³-hybridized carbons (Fsp3) is 0.548. The van der Waals surface area contributed by atoms with Crippen LogP contribution in [0.2, 0.25) is 0 Å². The third-order valence-electron chi connectivity index (χ3n) is 7.36. The summed E-state index contributed by atoms with van der Waals surface area (Å²) in [6.45, 7) is 6.62. The van der Waals surface area contributed by atoms with E-state index in [9.17, 15) is 18.0 Å². The molecule has 0 spiro atoms. The third-order valence-corrected chi connectivity index (χ3v) is 8.54. The van der Waals surface area contributed by atoms with Gasteiger partial charge in [-0.15, -0.1) is 0 Å². The molecule has 8 nitrogen and oxygen atoms in total. The Kier molecular flexibility index (Phi) is 11.9. The largest absolute Gasteiger partial charge is 0.492 e. The third kappa shape index (κ3) is 8.98. The summed E-state index contributed by atoms with van der Waals surface area (Å²) in [5.41, 5.74) is 2.50. The van der Waals surface area contributed by atoms with Crippen molar-refractivity contribution in [1.82, 2.24) is 10.2 Å². The zero-order valence-corrected chi connectivity index (χ0v) is 25.2. The maximum atomic E-state index is 13.7. The predicted molar refractivity (Wildman–Crippen MR) is 160 cm³/mol. The van der Waals surface area contributed by atoms with Gasteiger partial charge in [0, 0.05) is 25.6 Å². The number of sulfonamides is 1. The van der Waals surface area contributed by atoms with Crippen molar-refractivity contribution in [2.75, 3.05) is 23.7 Å². The highest BCUT2D eigenvalue weighted by molar-refractivity contribution is 7.92. The van der Waals surface area contributed by atoms with E-state index in [2.05, 4.69) is 5.32 Å². The molecular weight excluding hydrogens is 526 g/mol. The van der Waals surface area contributed by atoms with Crippen LogP contribution in [0.5, 0.6) is 5.75 Å². The Morgan fingerprint density at radius 2 is 1.77 bits per heavy atom. The first-order valence-corrected chi connectivity index (χ1v) is 16.3. The lowest BCUT2D eigenvalue weighted by Crippen LogP contribution is -2.51. The number of hydrogen-bond acceptors (Lipinski definition) is 5. The number of aryl methyl sites for hydroxylation is 1. The molecule has 2 amide bonds. The van der Waals surface area contributed by atoms with Crippen molar-refractivity contribution in [1.29, 1.82) is 0 Å². The summed E-state index contributed by atoms with van der Waals surface area (Å²) in [4.78, 5) is 28.8. The maximum Gasteiger partial charge on any atom is 0.243 e. The van der Waals surface area contributed by atoms with E-state index in [1.165, 1.54) is 10.7 Å². The summed E-state index contributed by atoms with van der Waals surface area (Å²) >= 11 is 0. The summed E-state index contributed by atoms with van der Waals surface area (Å²) in [5.74, 6) is 0.200. The smallest absolute Gasteiger partial charge is 0.243 e. The van der Waals surface area contributed by atoms with Crippen LogP contribution in [0.25, 0.3) is 0 Å². The average Bonchev–Trinajstić information content (AvgIpc) is 2.91. The van der Waals surface area contributed by atoms with E-state index < -0.39 is 16.1 Å². The number of carbonyl (C=O) groups is 2. The molecule has 0 aliphatic heterocycles. The van der Waals surface area contributed by atoms with Gasteiger partial charge in [-0.3, -0.25) is 13.9 Å². The number of nitrogens with one attached hydrogen (secondary N) is 1. The van der Waals surface area contributed by atoms with Crippen molar-refractivity contribution < 1.29 is 22.7 Å². The predicted octanol–water partition coefficient (Wildman–Crippen LogP) is 5.20. The molecule has 1 atom stereocenters. The highest BCUT2D eigenvalue weighted by Gasteiger charge is 2.30. The van der Waals surface area contributed by atoms with Gasteiger partial charge in [0.05, 0.1) is 18.6 Å². The summed E-state index contributed by atoms with van der Waals surface area (Å²) in [6, 6.07) is 14.5. The standard InChI is InChI=1S/C31H45N3O5S/c1-5-27(31(36)32-26-16-8-7-9-17-26)33(23-25-15-12-14-24(3)22-25)30(35)20-13-21-34(40(4,37)38)28-18-10-11-19-29(28)39-6-2/h10-12,14-15,18-19,22,26-27H,5-9,13,16-17,20-21,23H2,1-4H3,(H,32,36)/t27-/m1/s1. The van der Waals surface area contributed by atoms with Crippen LogP contribution in [0.3, 0.4) is 0 Å². The Morgan fingerprint density at radius 3 is 2.42 bits per heavy atom. The lowest BCUT2D eigenvalue weighted by Gasteiger charge is -2.33. The van der Waals surface area contributed by atoms with Crippen LogP contribution in [-0.4, -0.2) is 56.6 Å². The molecule has 2 aromatic carbocycles. The van der Waals surface area contributed by atoms with Crippen LogP contribution in [-0.2, 0) is 26.2 Å². The molecule has 220 valence electrons. The molecule has 0 unspecified atom stereocenters. The van der Waals surface area contributed by atoms with Crippen LogP contribution in [0, 0.1) is 6.92 Å². The number of ether oxygens (including phenoxy) is 1. The first-order chi connectivity index (χ1) is 19.1. The van der Waals surface area contributed by atoms with Gasteiger partial charge in [0.25, 0.3) is 0 Å². The van der Waals surface area contributed by atoms with Gasteiger partial charge in [-0.05, 0) is 57.2 Å². The van der Waals surface area contributed by atoms with Crippen molar-refractivity contribution in [3.05, 3.63) is 59.7 Å². The highest BCUT2D eigenvalue weighted by atomic mass is 32.2. The molecule has 0 aromatic heterocycles. The number of benzene rings is 2. The van der Waals surface area contributed by atoms with Crippen molar-refractivity contribution in [3.63, 3.8) is 0 Å². The summed E-state index contributed by atoms with van der Waals surface area (Å²) in [5, 5.41) is 3.20. The lowest BCUT2D eigenvalue weighted by molar-refractivity contribution is -0.141. The van der Waals surface area contributed by atoms with Gasteiger partial charge in [-0.25, -0.2) is 8.42 Å². The van der Waals surface area contributed by atoms with Gasteiger partial charge < -0.3 is 15.0 Å². The monoisotopic (exact) mass is 571 g/mol. The first kappa shape index (κ1) is 31.5. The minimum absolute atomic E-state index is 0.112. The van der Waals surface area contributed by atoms with Crippen molar-refractivity contribution >= 4 is 27.5 Å². The second-order valence-electron chi connectivity index (χ2n) is 10.6. The van der Waals surface area contributed by atoms with Crippen molar-refractivity contribution in [3.8, 4) is 5.75 Å². The molecule has 0 saturated heterocycles. The molecule has 1 N–H and O–H groups in total. The normalized spacial score (nSPS) is 14.8. The molecular formula is C31H45N3O5S. The molecule has 3 rings (SSSR count). The zero-order chi connectivity index (χ0) is 29.1. The second kappa shape index (κ2) is 15.1. The van der Waals surface area contributed by atoms with Gasteiger partial charge >= 0.3 is 0 Å². The van der Waals surface area contributed by atoms with E-state index in [4.69, 9.17) is 4.74 Å². The number of amides is 2. The van der Waals surface area contributed by atoms with Crippen molar-refractivity contribution in [2.45, 2.75) is 90.8 Å². The molecule has 1 aliphatic rings. The average molecular weight is 572 g/mol. The van der Waals surface area contributed by atoms with E-state index in [-0.39, 0.29) is 30.8 Å². The van der Waals surface area contributed by atoms with E-state index in [1.54, 1.807) is 29.2 Å². The number of hydrogen-bond donors (Lipinski definition) is 1. The Morgan fingerprint density at radius 1 is 1.05 bits per heavy atom. The quantitative estimate of drug-likeness (QED) is 0.336. The number of para-hydroxylation sites is 2. The summed E-state index contributed by atoms with van der Waals surface area (Å²) < 4.78 is 32.4. The van der Waals surface area contributed by atoms with E-state index in [1.807, 2.05) is 45.0 Å². The maximum absolute atomic E-state index is 13.7. The molecule has 40 heavy (non-hydrogen) atoms. The van der Waals surface area contributed by atoms with Crippen LogP contribution in [0.15, 0.2) is 48.5 Å². The Labute approximate surface area is 240 Å². The Bertz CT molecular complexity index is 1230. The van der Waals surface area contributed by atoms with E-state index >= 15 is 0 Å². The van der Waals surface area contributed by atoms with Crippen LogP contribution < -0.4 is 14.4 Å². The second-order valence-corrected chi connectivity index (χ2v) is 12.5. The first-order valence-electron chi connectivity index (χ1n) is 14.5. The minimum atomic E-state index is -3.62. The SMILES string of the molecule is CCOc1ccccc1N(CCCC(=O)N(Cc1cccc(C)c1)[C@H](CC)C(=O)NC1CCCCC1)S(C)(=O)=O. The fourth-order valence-electron chi connectivity index (χ4n) is 5.39. The molecule has 9 heteroatoms. The van der Waals surface area contributed by atoms with Crippen molar-refractivity contribution in [2.24, 2.45) is 0 Å². The molecule has 1 aliphatic carbocycles.